The summed E-state index contributed by atoms with van der Waals surface area (Å²) in [4.78, 5) is 8.34. The van der Waals surface area contributed by atoms with E-state index in [-0.39, 0.29) is 0 Å². The molecule has 0 aliphatic carbocycles. The first-order valence-electron chi connectivity index (χ1n) is 5.55. The molecule has 0 unspecified atom stereocenters. The fraction of sp³-hybridized carbons (Fsp3) is 0.364. The summed E-state index contributed by atoms with van der Waals surface area (Å²) in [5, 5.41) is 4.14. The SMILES string of the molecule is Cc1cc(-n2cc(CS(=O)(=O)F)c(C)n2)nc(C)n1. The standard InChI is InChI=1S/C11H13FN4O2S/c1-7-4-11(14-9(3)13-7)16-5-10(8(2)15-16)6-19(12,17)18/h4-5H,6H2,1-3H3. The summed E-state index contributed by atoms with van der Waals surface area (Å²) in [5.74, 6) is 0.431. The molecular formula is C11H13FN4O2S. The molecule has 2 aromatic heterocycles. The molecule has 0 fully saturated rings. The summed E-state index contributed by atoms with van der Waals surface area (Å²) in [6.07, 6.45) is 1.47. The summed E-state index contributed by atoms with van der Waals surface area (Å²) in [5.41, 5.74) is 1.54. The summed E-state index contributed by atoms with van der Waals surface area (Å²) in [6, 6.07) is 1.72. The van der Waals surface area contributed by atoms with E-state index < -0.39 is 16.0 Å². The molecule has 0 spiro atoms. The van der Waals surface area contributed by atoms with Crippen molar-refractivity contribution in [1.82, 2.24) is 19.7 Å². The molecule has 2 rings (SSSR count). The van der Waals surface area contributed by atoms with Crippen LogP contribution in [0.15, 0.2) is 12.3 Å². The highest BCUT2D eigenvalue weighted by atomic mass is 32.3. The predicted molar refractivity (Wildman–Crippen MR) is 67.1 cm³/mol. The van der Waals surface area contributed by atoms with Crippen LogP contribution in [0.4, 0.5) is 3.89 Å². The third-order valence-electron chi connectivity index (χ3n) is 2.52. The Labute approximate surface area is 110 Å². The Balaban J connectivity index is 2.44. The highest BCUT2D eigenvalue weighted by Crippen LogP contribution is 2.14. The van der Waals surface area contributed by atoms with Crippen LogP contribution in [0.2, 0.25) is 0 Å². The van der Waals surface area contributed by atoms with Crippen LogP contribution in [-0.4, -0.2) is 28.2 Å². The monoisotopic (exact) mass is 284 g/mol. The molecule has 0 saturated carbocycles. The van der Waals surface area contributed by atoms with Crippen LogP contribution in [0.25, 0.3) is 5.82 Å². The molecule has 0 atom stereocenters. The number of rotatable bonds is 3. The van der Waals surface area contributed by atoms with Gasteiger partial charge in [-0.05, 0) is 20.8 Å². The van der Waals surface area contributed by atoms with E-state index in [1.807, 2.05) is 6.92 Å². The van der Waals surface area contributed by atoms with Gasteiger partial charge in [-0.25, -0.2) is 14.6 Å². The van der Waals surface area contributed by atoms with E-state index in [1.165, 1.54) is 10.9 Å². The molecule has 0 aromatic carbocycles. The van der Waals surface area contributed by atoms with Gasteiger partial charge in [-0.2, -0.15) is 13.5 Å². The Morgan fingerprint density at radius 1 is 1.26 bits per heavy atom. The second-order valence-electron chi connectivity index (χ2n) is 4.28. The first kappa shape index (κ1) is 13.6. The molecule has 0 N–H and O–H groups in total. The normalized spacial score (nSPS) is 11.8. The van der Waals surface area contributed by atoms with Gasteiger partial charge in [-0.1, -0.05) is 0 Å². The molecule has 0 saturated heterocycles. The maximum Gasteiger partial charge on any atom is 0.306 e. The van der Waals surface area contributed by atoms with E-state index in [2.05, 4.69) is 15.1 Å². The fourth-order valence-electron chi connectivity index (χ4n) is 1.76. The van der Waals surface area contributed by atoms with Crippen molar-refractivity contribution in [3.05, 3.63) is 35.0 Å². The van der Waals surface area contributed by atoms with Gasteiger partial charge in [0, 0.05) is 23.5 Å². The molecule has 2 aromatic rings. The lowest BCUT2D eigenvalue weighted by Gasteiger charge is -2.02. The lowest BCUT2D eigenvalue weighted by molar-refractivity contribution is 0.551. The minimum atomic E-state index is -4.57. The topological polar surface area (TPSA) is 77.7 Å². The van der Waals surface area contributed by atoms with Gasteiger partial charge in [-0.15, -0.1) is 3.89 Å². The molecule has 0 amide bonds. The van der Waals surface area contributed by atoms with Crippen LogP contribution < -0.4 is 0 Å². The lowest BCUT2D eigenvalue weighted by Crippen LogP contribution is -2.02. The molecule has 2 heterocycles. The predicted octanol–water partition coefficient (Wildman–Crippen LogP) is 1.39. The second kappa shape index (κ2) is 4.69. The minimum Gasteiger partial charge on any atom is -0.238 e. The third-order valence-corrected chi connectivity index (χ3v) is 3.17. The molecule has 0 bridgehead atoms. The van der Waals surface area contributed by atoms with Gasteiger partial charge in [0.25, 0.3) is 0 Å². The van der Waals surface area contributed by atoms with E-state index in [0.717, 1.165) is 5.69 Å². The van der Waals surface area contributed by atoms with Crippen molar-refractivity contribution in [2.45, 2.75) is 26.5 Å². The van der Waals surface area contributed by atoms with Crippen molar-refractivity contribution in [3.63, 3.8) is 0 Å². The van der Waals surface area contributed by atoms with Crippen molar-refractivity contribution in [1.29, 1.82) is 0 Å². The summed E-state index contributed by atoms with van der Waals surface area (Å²) < 4.78 is 35.5. The van der Waals surface area contributed by atoms with Crippen molar-refractivity contribution < 1.29 is 12.3 Å². The van der Waals surface area contributed by atoms with Gasteiger partial charge in [0.15, 0.2) is 5.82 Å². The first-order chi connectivity index (χ1) is 8.74. The van der Waals surface area contributed by atoms with E-state index >= 15 is 0 Å². The summed E-state index contributed by atoms with van der Waals surface area (Å²) >= 11 is 0. The highest BCUT2D eigenvalue weighted by Gasteiger charge is 2.15. The van der Waals surface area contributed by atoms with Crippen molar-refractivity contribution in [3.8, 4) is 5.82 Å². The number of halogens is 1. The average Bonchev–Trinajstić information content (AvgIpc) is 2.56. The van der Waals surface area contributed by atoms with Crippen LogP contribution in [0, 0.1) is 20.8 Å². The summed E-state index contributed by atoms with van der Waals surface area (Å²) in [7, 11) is -4.57. The van der Waals surface area contributed by atoms with E-state index in [4.69, 9.17) is 0 Å². The van der Waals surface area contributed by atoms with Crippen molar-refractivity contribution in [2.75, 3.05) is 0 Å². The Morgan fingerprint density at radius 3 is 2.53 bits per heavy atom. The molecule has 8 heteroatoms. The number of nitrogens with zero attached hydrogens (tertiary/aromatic N) is 4. The second-order valence-corrected chi connectivity index (χ2v) is 5.65. The third kappa shape index (κ3) is 3.34. The Morgan fingerprint density at radius 2 is 1.95 bits per heavy atom. The number of hydrogen-bond donors (Lipinski definition) is 0. The van der Waals surface area contributed by atoms with Gasteiger partial charge in [0.2, 0.25) is 0 Å². The minimum absolute atomic E-state index is 0.316. The Hall–Kier alpha value is -1.83. The number of aryl methyl sites for hydroxylation is 3. The first-order valence-corrected chi connectivity index (χ1v) is 7.10. The fourth-order valence-corrected chi connectivity index (χ4v) is 2.41. The summed E-state index contributed by atoms with van der Waals surface area (Å²) in [6.45, 7) is 5.19. The average molecular weight is 284 g/mol. The molecular weight excluding hydrogens is 271 g/mol. The zero-order valence-electron chi connectivity index (χ0n) is 10.8. The van der Waals surface area contributed by atoms with E-state index in [0.29, 0.717) is 22.9 Å². The van der Waals surface area contributed by atoms with Crippen LogP contribution in [-0.2, 0) is 16.0 Å². The maximum atomic E-state index is 12.7. The van der Waals surface area contributed by atoms with Crippen molar-refractivity contribution >= 4 is 10.2 Å². The number of hydrogen-bond acceptors (Lipinski definition) is 5. The van der Waals surface area contributed by atoms with Gasteiger partial charge in [-0.3, -0.25) is 0 Å². The molecule has 19 heavy (non-hydrogen) atoms. The van der Waals surface area contributed by atoms with E-state index in [1.54, 1.807) is 19.9 Å². The van der Waals surface area contributed by atoms with Crippen LogP contribution in [0.5, 0.6) is 0 Å². The Bertz CT molecular complexity index is 704. The Kier molecular flexibility index (Phi) is 3.36. The number of aromatic nitrogens is 4. The molecule has 6 nitrogen and oxygen atoms in total. The largest absolute Gasteiger partial charge is 0.306 e. The molecule has 0 radical (unpaired) electrons. The van der Waals surface area contributed by atoms with Crippen molar-refractivity contribution in [2.24, 2.45) is 0 Å². The zero-order chi connectivity index (χ0) is 14.2. The highest BCUT2D eigenvalue weighted by molar-refractivity contribution is 7.85. The smallest absolute Gasteiger partial charge is 0.238 e. The molecule has 0 aliphatic rings. The molecule has 102 valence electrons. The van der Waals surface area contributed by atoms with Crippen LogP contribution >= 0.6 is 0 Å². The van der Waals surface area contributed by atoms with E-state index in [9.17, 15) is 12.3 Å². The maximum absolute atomic E-state index is 12.7. The molecule has 0 aliphatic heterocycles. The van der Waals surface area contributed by atoms with Crippen LogP contribution in [0.3, 0.4) is 0 Å². The van der Waals surface area contributed by atoms with Gasteiger partial charge >= 0.3 is 10.2 Å². The van der Waals surface area contributed by atoms with Gasteiger partial charge in [0.05, 0.1) is 5.69 Å². The van der Waals surface area contributed by atoms with Gasteiger partial charge in [0.1, 0.15) is 11.6 Å². The van der Waals surface area contributed by atoms with Gasteiger partial charge < -0.3 is 0 Å². The zero-order valence-corrected chi connectivity index (χ0v) is 11.6. The lowest BCUT2D eigenvalue weighted by atomic mass is 10.3. The quantitative estimate of drug-likeness (QED) is 0.796. The van der Waals surface area contributed by atoms with Crippen LogP contribution in [0.1, 0.15) is 22.8 Å².